The summed E-state index contributed by atoms with van der Waals surface area (Å²) < 4.78 is 0. The second-order valence-electron chi connectivity index (χ2n) is 7.84. The van der Waals surface area contributed by atoms with Gasteiger partial charge in [0.2, 0.25) is 6.41 Å². The van der Waals surface area contributed by atoms with Gasteiger partial charge in [0, 0.05) is 49.3 Å². The van der Waals surface area contributed by atoms with E-state index >= 15 is 0 Å². The number of fused-ring (bicyclic) bond motifs is 2. The van der Waals surface area contributed by atoms with Crippen molar-refractivity contribution < 1.29 is 4.79 Å². The van der Waals surface area contributed by atoms with Crippen molar-refractivity contribution in [3.63, 3.8) is 0 Å². The van der Waals surface area contributed by atoms with E-state index in [1.54, 1.807) is 6.20 Å². The van der Waals surface area contributed by atoms with Crippen LogP contribution in [0.5, 0.6) is 0 Å². The summed E-state index contributed by atoms with van der Waals surface area (Å²) in [7, 11) is 0. The molecule has 28 heavy (non-hydrogen) atoms. The molecule has 1 aromatic carbocycles. The van der Waals surface area contributed by atoms with Crippen molar-refractivity contribution in [1.29, 1.82) is 0 Å². The lowest BCUT2D eigenvalue weighted by Crippen LogP contribution is -2.45. The Hall–Kier alpha value is -2.95. The first-order valence-electron chi connectivity index (χ1n) is 10.1. The molecular weight excluding hydrogens is 348 g/mol. The lowest BCUT2D eigenvalue weighted by molar-refractivity contribution is -0.119. The molecule has 0 saturated carbocycles. The molecule has 4 heterocycles. The van der Waals surface area contributed by atoms with Crippen molar-refractivity contribution in [1.82, 2.24) is 9.88 Å². The Kier molecular flexibility index (Phi) is 4.43. The molecule has 1 amide bonds. The second-order valence-corrected chi connectivity index (χ2v) is 7.84. The molecule has 5 heteroatoms. The SMILES string of the molecule is O=CN1C[C@@H]2C[C@H]1CN2c1cccc(C=C2CCCN=C2c2cccnc2)c1. The summed E-state index contributed by atoms with van der Waals surface area (Å²) in [5.74, 6) is 0. The van der Waals surface area contributed by atoms with Crippen molar-refractivity contribution in [2.75, 3.05) is 24.5 Å². The maximum absolute atomic E-state index is 11.1. The molecule has 2 aromatic rings. The standard InChI is InChI=1S/C23H24N4O/c28-16-26-14-22-12-21(26)15-27(22)20-7-1-4-17(11-20)10-18-5-3-9-25-23(18)19-6-2-8-24-13-19/h1-2,4,6-8,10-11,13,16,21-22H,3,5,9,12,14-15H2/t21-,22-/m0/s1. The van der Waals surface area contributed by atoms with Crippen LogP contribution >= 0.6 is 0 Å². The van der Waals surface area contributed by atoms with Crippen LogP contribution in [-0.2, 0) is 4.79 Å². The number of anilines is 1. The number of hydrogen-bond donors (Lipinski definition) is 0. The fourth-order valence-electron chi connectivity index (χ4n) is 4.74. The zero-order valence-corrected chi connectivity index (χ0v) is 15.9. The van der Waals surface area contributed by atoms with E-state index in [-0.39, 0.29) is 0 Å². The maximum atomic E-state index is 11.1. The van der Waals surface area contributed by atoms with E-state index in [1.807, 2.05) is 17.2 Å². The van der Waals surface area contributed by atoms with E-state index in [1.165, 1.54) is 16.8 Å². The summed E-state index contributed by atoms with van der Waals surface area (Å²) in [6, 6.07) is 13.6. The van der Waals surface area contributed by atoms with Gasteiger partial charge in [-0.2, -0.15) is 0 Å². The van der Waals surface area contributed by atoms with Crippen LogP contribution in [0.1, 0.15) is 30.4 Å². The fraction of sp³-hybridized carbons (Fsp3) is 0.348. The van der Waals surface area contributed by atoms with Gasteiger partial charge in [0.15, 0.2) is 0 Å². The Balaban J connectivity index is 1.42. The van der Waals surface area contributed by atoms with E-state index in [4.69, 9.17) is 4.99 Å². The van der Waals surface area contributed by atoms with Crippen molar-refractivity contribution >= 4 is 23.9 Å². The van der Waals surface area contributed by atoms with Crippen molar-refractivity contribution in [3.05, 3.63) is 65.5 Å². The van der Waals surface area contributed by atoms with E-state index in [0.29, 0.717) is 12.1 Å². The minimum absolute atomic E-state index is 0.368. The molecule has 142 valence electrons. The predicted octanol–water partition coefficient (Wildman–Crippen LogP) is 3.17. The number of aliphatic imine (C=N–C) groups is 1. The molecule has 0 spiro atoms. The van der Waals surface area contributed by atoms with Crippen LogP contribution in [-0.4, -0.2) is 53.7 Å². The Morgan fingerprint density at radius 2 is 2.07 bits per heavy atom. The quantitative estimate of drug-likeness (QED) is 0.775. The maximum Gasteiger partial charge on any atom is 0.210 e. The van der Waals surface area contributed by atoms with Crippen molar-refractivity contribution in [2.45, 2.75) is 31.3 Å². The third kappa shape index (κ3) is 3.11. The zero-order valence-electron chi connectivity index (χ0n) is 15.9. The fourth-order valence-corrected chi connectivity index (χ4v) is 4.74. The van der Waals surface area contributed by atoms with Gasteiger partial charge in [0.05, 0.1) is 11.8 Å². The minimum atomic E-state index is 0.368. The molecule has 2 bridgehead atoms. The summed E-state index contributed by atoms with van der Waals surface area (Å²) in [5.41, 5.74) is 5.91. The van der Waals surface area contributed by atoms with Gasteiger partial charge >= 0.3 is 0 Å². The Morgan fingerprint density at radius 1 is 1.11 bits per heavy atom. The Labute approximate surface area is 165 Å². The number of hydrogen-bond acceptors (Lipinski definition) is 4. The number of allylic oxidation sites excluding steroid dienone is 1. The summed E-state index contributed by atoms with van der Waals surface area (Å²) in [6.07, 6.45) is 10.2. The van der Waals surface area contributed by atoms with Crippen LogP contribution in [0.2, 0.25) is 0 Å². The van der Waals surface area contributed by atoms with Crippen LogP contribution in [0.3, 0.4) is 0 Å². The number of likely N-dealkylation sites (tertiary alicyclic amines) is 1. The molecule has 2 atom stereocenters. The highest BCUT2D eigenvalue weighted by atomic mass is 16.1. The summed E-state index contributed by atoms with van der Waals surface area (Å²) >= 11 is 0. The molecule has 1 aromatic heterocycles. The van der Waals surface area contributed by atoms with E-state index in [2.05, 4.69) is 46.3 Å². The molecular formula is C23H24N4O. The van der Waals surface area contributed by atoms with E-state index in [0.717, 1.165) is 56.6 Å². The average Bonchev–Trinajstić information content (AvgIpc) is 3.36. The lowest BCUT2D eigenvalue weighted by atomic mass is 9.95. The van der Waals surface area contributed by atoms with E-state index in [9.17, 15) is 4.79 Å². The number of aromatic nitrogens is 1. The summed E-state index contributed by atoms with van der Waals surface area (Å²) in [4.78, 5) is 24.6. The average molecular weight is 372 g/mol. The summed E-state index contributed by atoms with van der Waals surface area (Å²) in [5, 5.41) is 0. The number of benzene rings is 1. The lowest BCUT2D eigenvalue weighted by Gasteiger charge is -2.33. The van der Waals surface area contributed by atoms with Gasteiger partial charge in [-0.05, 0) is 60.7 Å². The molecule has 0 aliphatic carbocycles. The second kappa shape index (κ2) is 7.23. The third-order valence-corrected chi connectivity index (χ3v) is 6.07. The van der Waals surface area contributed by atoms with Crippen LogP contribution in [0, 0.1) is 0 Å². The van der Waals surface area contributed by atoms with Gasteiger partial charge < -0.3 is 9.80 Å². The monoisotopic (exact) mass is 372 g/mol. The number of pyridine rings is 1. The number of rotatable bonds is 4. The van der Waals surface area contributed by atoms with Gasteiger partial charge in [-0.25, -0.2) is 0 Å². The van der Waals surface area contributed by atoms with Crippen molar-refractivity contribution in [2.24, 2.45) is 4.99 Å². The first-order valence-corrected chi connectivity index (χ1v) is 10.1. The predicted molar refractivity (Wildman–Crippen MR) is 112 cm³/mol. The molecule has 2 saturated heterocycles. The highest BCUT2D eigenvalue weighted by Gasteiger charge is 2.42. The number of nitrogens with zero attached hydrogens (tertiary/aromatic N) is 4. The zero-order chi connectivity index (χ0) is 18.9. The van der Waals surface area contributed by atoms with Gasteiger partial charge in [-0.3, -0.25) is 14.8 Å². The van der Waals surface area contributed by atoms with Gasteiger partial charge in [-0.15, -0.1) is 0 Å². The molecule has 0 N–H and O–H groups in total. The van der Waals surface area contributed by atoms with Crippen LogP contribution < -0.4 is 4.90 Å². The molecule has 0 radical (unpaired) electrons. The molecule has 5 rings (SSSR count). The first-order chi connectivity index (χ1) is 13.8. The largest absolute Gasteiger partial charge is 0.365 e. The highest BCUT2D eigenvalue weighted by Crippen LogP contribution is 2.34. The third-order valence-electron chi connectivity index (χ3n) is 6.07. The number of carbonyl (C=O) groups excluding carboxylic acids is 1. The Bertz CT molecular complexity index is 937. The van der Waals surface area contributed by atoms with E-state index < -0.39 is 0 Å². The van der Waals surface area contributed by atoms with Crippen LogP contribution in [0.15, 0.2) is 59.4 Å². The molecule has 5 nitrogen and oxygen atoms in total. The smallest absolute Gasteiger partial charge is 0.210 e. The topological polar surface area (TPSA) is 48.8 Å². The minimum Gasteiger partial charge on any atom is -0.365 e. The van der Waals surface area contributed by atoms with Crippen LogP contribution in [0.25, 0.3) is 6.08 Å². The number of amides is 1. The molecule has 2 fully saturated rings. The normalized spacial score (nSPS) is 25.3. The van der Waals surface area contributed by atoms with Gasteiger partial charge in [0.1, 0.15) is 0 Å². The molecule has 0 unspecified atom stereocenters. The number of piperazine rings is 1. The van der Waals surface area contributed by atoms with Gasteiger partial charge in [0.25, 0.3) is 0 Å². The van der Waals surface area contributed by atoms with Gasteiger partial charge in [-0.1, -0.05) is 12.1 Å². The molecule has 3 aliphatic heterocycles. The highest BCUT2D eigenvalue weighted by molar-refractivity contribution is 6.15. The van der Waals surface area contributed by atoms with Crippen LogP contribution in [0.4, 0.5) is 5.69 Å². The first kappa shape index (κ1) is 17.2. The number of carbonyl (C=O) groups is 1. The Morgan fingerprint density at radius 3 is 2.86 bits per heavy atom. The summed E-state index contributed by atoms with van der Waals surface area (Å²) in [6.45, 7) is 2.66. The molecule has 3 aliphatic rings. The van der Waals surface area contributed by atoms with Crippen molar-refractivity contribution in [3.8, 4) is 0 Å².